The minimum atomic E-state index is -3.71. The number of nitrogens with one attached hydrogen (secondary N) is 1. The highest BCUT2D eigenvalue weighted by Crippen LogP contribution is 2.14. The molecule has 0 bridgehead atoms. The van der Waals surface area contributed by atoms with E-state index in [1.165, 1.54) is 24.3 Å². The van der Waals surface area contributed by atoms with Gasteiger partial charge in [0, 0.05) is 11.7 Å². The fourth-order valence-corrected chi connectivity index (χ4v) is 2.59. The van der Waals surface area contributed by atoms with Crippen molar-refractivity contribution in [3.8, 4) is 0 Å². The number of hydrogen-bond acceptors (Lipinski definition) is 4. The predicted molar refractivity (Wildman–Crippen MR) is 88.0 cm³/mol. The van der Waals surface area contributed by atoms with Crippen LogP contribution < -0.4 is 10.5 Å². The van der Waals surface area contributed by atoms with Crippen LogP contribution in [-0.2, 0) is 14.8 Å². The number of primary sulfonamides is 1. The number of carbonyl (C=O) groups excluding carboxylic acids is 1. The Morgan fingerprint density at radius 1 is 1.23 bits per heavy atom. The Kier molecular flexibility index (Phi) is 6.52. The zero-order chi connectivity index (χ0) is 16.9. The molecule has 1 atom stereocenters. The Labute approximate surface area is 132 Å². The summed E-state index contributed by atoms with van der Waals surface area (Å²) >= 11 is 0. The average molecular weight is 327 g/mol. The normalized spacial score (nSPS) is 13.4. The van der Waals surface area contributed by atoms with Crippen LogP contribution in [0, 0.1) is 5.92 Å². The third-order valence-electron chi connectivity index (χ3n) is 3.76. The van der Waals surface area contributed by atoms with Gasteiger partial charge in [-0.1, -0.05) is 20.8 Å². The van der Waals surface area contributed by atoms with Gasteiger partial charge in [-0.05, 0) is 43.7 Å². The lowest BCUT2D eigenvalue weighted by atomic mass is 10.0. The number of benzene rings is 1. The van der Waals surface area contributed by atoms with Crippen LogP contribution in [0.4, 0.5) is 5.69 Å². The molecule has 124 valence electrons. The van der Waals surface area contributed by atoms with Gasteiger partial charge in [0.15, 0.2) is 0 Å². The fraction of sp³-hybridized carbons (Fsp3) is 0.533. The molecule has 0 saturated heterocycles. The van der Waals surface area contributed by atoms with E-state index in [-0.39, 0.29) is 10.8 Å². The van der Waals surface area contributed by atoms with Gasteiger partial charge < -0.3 is 5.32 Å². The Hall–Kier alpha value is -1.44. The maximum absolute atomic E-state index is 12.1. The summed E-state index contributed by atoms with van der Waals surface area (Å²) in [6.45, 7) is 9.45. The highest BCUT2D eigenvalue weighted by Gasteiger charge is 2.18. The van der Waals surface area contributed by atoms with E-state index in [9.17, 15) is 13.2 Å². The molecule has 0 aliphatic carbocycles. The maximum Gasteiger partial charge on any atom is 0.238 e. The molecule has 0 fully saturated rings. The minimum absolute atomic E-state index is 0.0223. The van der Waals surface area contributed by atoms with Crippen LogP contribution in [-0.4, -0.2) is 38.4 Å². The second kappa shape index (κ2) is 7.71. The lowest BCUT2D eigenvalue weighted by molar-refractivity contribution is -0.117. The number of likely N-dealkylation sites (N-methyl/N-ethyl adjacent to an activating group) is 1. The topological polar surface area (TPSA) is 92.5 Å². The Bertz CT molecular complexity index is 597. The number of amides is 1. The van der Waals surface area contributed by atoms with Gasteiger partial charge in [-0.25, -0.2) is 13.6 Å². The maximum atomic E-state index is 12.1. The lowest BCUT2D eigenvalue weighted by Gasteiger charge is -2.30. The largest absolute Gasteiger partial charge is 0.325 e. The summed E-state index contributed by atoms with van der Waals surface area (Å²) < 4.78 is 22.3. The first-order valence-corrected chi connectivity index (χ1v) is 8.86. The van der Waals surface area contributed by atoms with E-state index in [2.05, 4.69) is 31.0 Å². The van der Waals surface area contributed by atoms with Crippen LogP contribution in [0.3, 0.4) is 0 Å². The molecule has 1 aromatic carbocycles. The van der Waals surface area contributed by atoms with E-state index < -0.39 is 10.0 Å². The zero-order valence-electron chi connectivity index (χ0n) is 13.5. The first kappa shape index (κ1) is 18.6. The Morgan fingerprint density at radius 3 is 2.18 bits per heavy atom. The SMILES string of the molecule is CCN(CC(=O)Nc1ccc(S(N)(=O)=O)cc1)C(C)C(C)C. The Balaban J connectivity index is 2.69. The van der Waals surface area contributed by atoms with Crippen LogP contribution in [0.25, 0.3) is 0 Å². The molecule has 3 N–H and O–H groups in total. The molecule has 1 aromatic rings. The van der Waals surface area contributed by atoms with Gasteiger partial charge in [0.25, 0.3) is 0 Å². The Morgan fingerprint density at radius 2 is 1.77 bits per heavy atom. The van der Waals surface area contributed by atoms with Gasteiger partial charge in [-0.15, -0.1) is 0 Å². The van der Waals surface area contributed by atoms with E-state index in [1.54, 1.807) is 0 Å². The van der Waals surface area contributed by atoms with Crippen LogP contribution >= 0.6 is 0 Å². The molecule has 0 radical (unpaired) electrons. The highest BCUT2D eigenvalue weighted by molar-refractivity contribution is 7.89. The monoisotopic (exact) mass is 327 g/mol. The first-order valence-electron chi connectivity index (χ1n) is 7.32. The van der Waals surface area contributed by atoms with Crippen LogP contribution in [0.1, 0.15) is 27.7 Å². The second-order valence-corrected chi connectivity index (χ2v) is 7.23. The van der Waals surface area contributed by atoms with Crippen molar-refractivity contribution in [3.63, 3.8) is 0 Å². The van der Waals surface area contributed by atoms with E-state index in [4.69, 9.17) is 5.14 Å². The van der Waals surface area contributed by atoms with Crippen molar-refractivity contribution >= 4 is 21.6 Å². The molecule has 7 heteroatoms. The number of anilines is 1. The second-order valence-electron chi connectivity index (χ2n) is 5.67. The van der Waals surface area contributed by atoms with Crippen molar-refractivity contribution in [1.29, 1.82) is 0 Å². The van der Waals surface area contributed by atoms with Gasteiger partial charge in [0.05, 0.1) is 11.4 Å². The number of carbonyl (C=O) groups is 1. The van der Waals surface area contributed by atoms with E-state index in [0.717, 1.165) is 6.54 Å². The molecule has 22 heavy (non-hydrogen) atoms. The van der Waals surface area contributed by atoms with Crippen molar-refractivity contribution in [1.82, 2.24) is 4.90 Å². The number of nitrogens with two attached hydrogens (primary N) is 1. The third kappa shape index (κ3) is 5.40. The van der Waals surface area contributed by atoms with Crippen molar-refractivity contribution in [3.05, 3.63) is 24.3 Å². The smallest absolute Gasteiger partial charge is 0.238 e. The molecular weight excluding hydrogens is 302 g/mol. The average Bonchev–Trinajstić information content (AvgIpc) is 2.43. The molecule has 0 saturated carbocycles. The molecule has 0 aliphatic rings. The van der Waals surface area contributed by atoms with Crippen LogP contribution in [0.5, 0.6) is 0 Å². The first-order chi connectivity index (χ1) is 10.1. The standard InChI is InChI=1S/C15H25N3O3S/c1-5-18(12(4)11(2)3)10-15(19)17-13-6-8-14(9-7-13)22(16,20)21/h6-9,11-12H,5,10H2,1-4H3,(H,17,19)(H2,16,20,21). The summed E-state index contributed by atoms with van der Waals surface area (Å²) in [6.07, 6.45) is 0. The molecule has 1 amide bonds. The van der Waals surface area contributed by atoms with E-state index in [0.29, 0.717) is 24.2 Å². The molecule has 0 aromatic heterocycles. The number of rotatable bonds is 7. The quantitative estimate of drug-likeness (QED) is 0.796. The summed E-state index contributed by atoms with van der Waals surface area (Å²) in [4.78, 5) is 14.2. The summed E-state index contributed by atoms with van der Waals surface area (Å²) in [7, 11) is -3.71. The van der Waals surface area contributed by atoms with Crippen molar-refractivity contribution in [2.75, 3.05) is 18.4 Å². The highest BCUT2D eigenvalue weighted by atomic mass is 32.2. The van der Waals surface area contributed by atoms with Crippen molar-refractivity contribution in [2.45, 2.75) is 38.6 Å². The fourth-order valence-electron chi connectivity index (χ4n) is 2.08. The van der Waals surface area contributed by atoms with Crippen LogP contribution in [0.15, 0.2) is 29.2 Å². The number of hydrogen-bond donors (Lipinski definition) is 2. The summed E-state index contributed by atoms with van der Waals surface area (Å²) in [5, 5.41) is 7.79. The van der Waals surface area contributed by atoms with E-state index >= 15 is 0 Å². The van der Waals surface area contributed by atoms with Crippen molar-refractivity contribution < 1.29 is 13.2 Å². The lowest BCUT2D eigenvalue weighted by Crippen LogP contribution is -2.41. The summed E-state index contributed by atoms with van der Waals surface area (Å²) in [5.74, 6) is 0.333. The summed E-state index contributed by atoms with van der Waals surface area (Å²) in [5.41, 5.74) is 0.547. The molecule has 1 unspecified atom stereocenters. The molecular formula is C15H25N3O3S. The van der Waals surface area contributed by atoms with Gasteiger partial charge in [0.1, 0.15) is 0 Å². The van der Waals surface area contributed by atoms with Gasteiger partial charge in [0.2, 0.25) is 15.9 Å². The van der Waals surface area contributed by atoms with Gasteiger partial charge in [-0.2, -0.15) is 0 Å². The molecule has 1 rings (SSSR count). The number of nitrogens with zero attached hydrogens (tertiary/aromatic N) is 1. The number of sulfonamides is 1. The van der Waals surface area contributed by atoms with Gasteiger partial charge >= 0.3 is 0 Å². The van der Waals surface area contributed by atoms with Gasteiger partial charge in [-0.3, -0.25) is 9.69 Å². The molecule has 0 spiro atoms. The molecule has 0 heterocycles. The molecule has 6 nitrogen and oxygen atoms in total. The van der Waals surface area contributed by atoms with Crippen molar-refractivity contribution in [2.24, 2.45) is 11.1 Å². The summed E-state index contributed by atoms with van der Waals surface area (Å²) in [6, 6.07) is 6.11. The van der Waals surface area contributed by atoms with Crippen LogP contribution in [0.2, 0.25) is 0 Å². The van der Waals surface area contributed by atoms with E-state index in [1.807, 2.05) is 6.92 Å². The zero-order valence-corrected chi connectivity index (χ0v) is 14.4. The minimum Gasteiger partial charge on any atom is -0.325 e. The molecule has 0 aliphatic heterocycles. The third-order valence-corrected chi connectivity index (χ3v) is 4.69. The predicted octanol–water partition coefficient (Wildman–Crippen LogP) is 1.64.